The summed E-state index contributed by atoms with van der Waals surface area (Å²) in [7, 11) is 0. The van der Waals surface area contributed by atoms with Crippen LogP contribution in [0.2, 0.25) is 0 Å². The van der Waals surface area contributed by atoms with Crippen molar-refractivity contribution in [2.45, 2.75) is 39.2 Å². The first kappa shape index (κ1) is 17.4. The van der Waals surface area contributed by atoms with E-state index in [0.29, 0.717) is 18.7 Å². The number of likely N-dealkylation sites (tertiary alicyclic amines) is 1. The first-order valence-electron chi connectivity index (χ1n) is 8.17. The Bertz CT molecular complexity index is 806. The van der Waals surface area contributed by atoms with Crippen molar-refractivity contribution in [3.63, 3.8) is 0 Å². The molecule has 2 aliphatic heterocycles. The van der Waals surface area contributed by atoms with Gasteiger partial charge in [-0.1, -0.05) is 6.58 Å². The second kappa shape index (κ2) is 6.84. The molecule has 3 heterocycles. The Hall–Kier alpha value is -2.41. The van der Waals surface area contributed by atoms with Gasteiger partial charge in [0.2, 0.25) is 11.8 Å². The number of amides is 2. The summed E-state index contributed by atoms with van der Waals surface area (Å²) in [4.78, 5) is 31.1. The third-order valence-electron chi connectivity index (χ3n) is 4.27. The van der Waals surface area contributed by atoms with Crippen LogP contribution in [0, 0.1) is 6.92 Å². The van der Waals surface area contributed by atoms with Crippen molar-refractivity contribution in [3.8, 4) is 0 Å². The van der Waals surface area contributed by atoms with Crippen molar-refractivity contribution in [2.75, 3.05) is 6.54 Å². The fourth-order valence-corrected chi connectivity index (χ4v) is 4.26. The molecule has 7 heteroatoms. The number of ether oxygens (including phenoxy) is 1. The van der Waals surface area contributed by atoms with E-state index >= 15 is 0 Å². The van der Waals surface area contributed by atoms with E-state index in [2.05, 4.69) is 11.6 Å². The number of hydrogen-bond donors (Lipinski definition) is 1. The maximum absolute atomic E-state index is 12.6. The highest BCUT2D eigenvalue weighted by molar-refractivity contribution is 7.13. The van der Waals surface area contributed by atoms with Gasteiger partial charge in [-0.05, 0) is 38.8 Å². The molecule has 2 N–H and O–H groups in total. The topological polar surface area (TPSA) is 85.5 Å². The van der Waals surface area contributed by atoms with Crippen molar-refractivity contribution in [2.24, 2.45) is 5.73 Å². The fraction of sp³-hybridized carbons (Fsp3) is 0.389. The molecule has 2 aliphatic rings. The van der Waals surface area contributed by atoms with E-state index in [4.69, 9.17) is 10.5 Å². The number of nitrogens with zero attached hydrogens (tertiary/aromatic N) is 2. The molecule has 25 heavy (non-hydrogen) atoms. The predicted molar refractivity (Wildman–Crippen MR) is 96.4 cm³/mol. The highest BCUT2D eigenvalue weighted by Crippen LogP contribution is 2.32. The number of hydrogen-bond acceptors (Lipinski definition) is 5. The average Bonchev–Trinajstić information content (AvgIpc) is 3.13. The maximum Gasteiger partial charge on any atom is 0.240 e. The molecule has 0 radical (unpaired) electrons. The minimum atomic E-state index is -0.486. The number of thiazole rings is 1. The summed E-state index contributed by atoms with van der Waals surface area (Å²) < 4.78 is 5.42. The number of allylic oxidation sites excluding steroid dienone is 4. The zero-order chi connectivity index (χ0) is 18.1. The van der Waals surface area contributed by atoms with Crippen molar-refractivity contribution in [1.82, 2.24) is 9.88 Å². The van der Waals surface area contributed by atoms with Crippen LogP contribution in [0.5, 0.6) is 0 Å². The highest BCUT2D eigenvalue weighted by Gasteiger charge is 2.33. The monoisotopic (exact) mass is 359 g/mol. The van der Waals surface area contributed by atoms with Crippen LogP contribution < -0.4 is 5.73 Å². The second-order valence-electron chi connectivity index (χ2n) is 6.27. The Morgan fingerprint density at radius 2 is 2.20 bits per heavy atom. The largest absolute Gasteiger partial charge is 0.463 e. The number of nitrogens with two attached hydrogens (primary N) is 1. The van der Waals surface area contributed by atoms with Crippen LogP contribution in [0.15, 0.2) is 30.2 Å². The number of rotatable bonds is 4. The van der Waals surface area contributed by atoms with E-state index in [1.54, 1.807) is 4.90 Å². The summed E-state index contributed by atoms with van der Waals surface area (Å²) in [5, 5.41) is 0.733. The lowest BCUT2D eigenvalue weighted by atomic mass is 10.1. The molecule has 3 rings (SSSR count). The lowest BCUT2D eigenvalue weighted by Gasteiger charge is -2.21. The van der Waals surface area contributed by atoms with Crippen LogP contribution in [-0.4, -0.2) is 34.3 Å². The number of carbonyl (C=O) groups is 2. The molecule has 0 saturated carbocycles. The molecule has 0 aliphatic carbocycles. The van der Waals surface area contributed by atoms with Gasteiger partial charge < -0.3 is 15.4 Å². The molecule has 0 aromatic carbocycles. The molecular weight excluding hydrogens is 338 g/mol. The summed E-state index contributed by atoms with van der Waals surface area (Å²) in [5.41, 5.74) is 7.24. The molecule has 0 bridgehead atoms. The van der Waals surface area contributed by atoms with Crippen molar-refractivity contribution >= 4 is 28.7 Å². The molecule has 132 valence electrons. The molecular formula is C18H21N3O3S. The zero-order valence-electron chi connectivity index (χ0n) is 14.4. The second-order valence-corrected chi connectivity index (χ2v) is 7.35. The van der Waals surface area contributed by atoms with Gasteiger partial charge in [-0.15, -0.1) is 11.3 Å². The lowest BCUT2D eigenvalue weighted by Crippen LogP contribution is -2.44. The number of carbonyl (C=O) groups excluding carboxylic acids is 2. The van der Waals surface area contributed by atoms with Crippen LogP contribution in [-0.2, 0) is 20.7 Å². The van der Waals surface area contributed by atoms with Crippen LogP contribution in [0.4, 0.5) is 0 Å². The van der Waals surface area contributed by atoms with Gasteiger partial charge in [-0.25, -0.2) is 4.98 Å². The van der Waals surface area contributed by atoms with Crippen LogP contribution in [0.25, 0.3) is 5.57 Å². The Balaban J connectivity index is 1.78. The first-order chi connectivity index (χ1) is 11.8. The van der Waals surface area contributed by atoms with Crippen molar-refractivity contribution in [1.29, 1.82) is 0 Å². The summed E-state index contributed by atoms with van der Waals surface area (Å²) in [5.74, 6) is 0.822. The summed E-state index contributed by atoms with van der Waals surface area (Å²) >= 11 is 1.48. The molecule has 0 unspecified atom stereocenters. The van der Waals surface area contributed by atoms with E-state index in [1.165, 1.54) is 11.3 Å². The Morgan fingerprint density at radius 3 is 2.88 bits per heavy atom. The third kappa shape index (κ3) is 3.66. The predicted octanol–water partition coefficient (Wildman–Crippen LogP) is 2.30. The SMILES string of the molecule is C=C1C=C(c2sc(CC(=O)N3CCC[C@H]3C(N)=O)nc2C)C=C(C)O1. The van der Waals surface area contributed by atoms with E-state index in [-0.39, 0.29) is 12.3 Å². The molecule has 1 aromatic heterocycles. The minimum Gasteiger partial charge on any atom is -0.463 e. The number of aryl methyl sites for hydroxylation is 1. The van der Waals surface area contributed by atoms with Gasteiger partial charge in [0.15, 0.2) is 0 Å². The molecule has 0 spiro atoms. The molecule has 1 atom stereocenters. The van der Waals surface area contributed by atoms with Crippen molar-refractivity contribution < 1.29 is 14.3 Å². The van der Waals surface area contributed by atoms with E-state index in [0.717, 1.165) is 33.3 Å². The average molecular weight is 359 g/mol. The molecule has 1 fully saturated rings. The van der Waals surface area contributed by atoms with E-state index < -0.39 is 11.9 Å². The van der Waals surface area contributed by atoms with Gasteiger partial charge in [-0.3, -0.25) is 9.59 Å². The molecule has 2 amide bonds. The van der Waals surface area contributed by atoms with Gasteiger partial charge in [0.1, 0.15) is 22.6 Å². The number of primary amides is 1. The quantitative estimate of drug-likeness (QED) is 0.894. The summed E-state index contributed by atoms with van der Waals surface area (Å²) in [6, 6.07) is -0.486. The van der Waals surface area contributed by atoms with E-state index in [9.17, 15) is 9.59 Å². The third-order valence-corrected chi connectivity index (χ3v) is 5.48. The zero-order valence-corrected chi connectivity index (χ0v) is 15.2. The number of aromatic nitrogens is 1. The first-order valence-corrected chi connectivity index (χ1v) is 8.99. The van der Waals surface area contributed by atoms with Crippen LogP contribution in [0.3, 0.4) is 0 Å². The summed E-state index contributed by atoms with van der Waals surface area (Å²) in [6.45, 7) is 8.21. The highest BCUT2D eigenvalue weighted by atomic mass is 32.1. The molecule has 1 saturated heterocycles. The lowest BCUT2D eigenvalue weighted by molar-refractivity contribution is -0.136. The smallest absolute Gasteiger partial charge is 0.240 e. The van der Waals surface area contributed by atoms with Gasteiger partial charge in [0.05, 0.1) is 17.0 Å². The molecule has 1 aromatic rings. The van der Waals surface area contributed by atoms with Gasteiger partial charge in [0, 0.05) is 12.1 Å². The normalized spacial score (nSPS) is 20.2. The Labute approximate surface area is 150 Å². The van der Waals surface area contributed by atoms with Crippen LogP contribution >= 0.6 is 11.3 Å². The standard InChI is InChI=1S/C18H21N3O3S/c1-10-7-13(8-11(2)24-10)17-12(3)20-15(25-17)9-16(22)21-6-4-5-14(21)18(19)23/h7-8,14H,1,4-6,9H2,2-3H3,(H2,19,23)/t14-/m0/s1. The molecule has 6 nitrogen and oxygen atoms in total. The van der Waals surface area contributed by atoms with Gasteiger partial charge >= 0.3 is 0 Å². The Morgan fingerprint density at radius 1 is 1.44 bits per heavy atom. The minimum absolute atomic E-state index is 0.0984. The Kier molecular flexibility index (Phi) is 4.76. The van der Waals surface area contributed by atoms with Gasteiger partial charge in [0.25, 0.3) is 0 Å². The van der Waals surface area contributed by atoms with Crippen LogP contribution in [0.1, 0.15) is 35.3 Å². The summed E-state index contributed by atoms with van der Waals surface area (Å²) in [6.07, 6.45) is 5.43. The fourth-order valence-electron chi connectivity index (χ4n) is 3.22. The van der Waals surface area contributed by atoms with Gasteiger partial charge in [-0.2, -0.15) is 0 Å². The van der Waals surface area contributed by atoms with E-state index in [1.807, 2.05) is 26.0 Å². The van der Waals surface area contributed by atoms with Crippen molar-refractivity contribution in [3.05, 3.63) is 45.8 Å². The maximum atomic E-state index is 12.6.